The first kappa shape index (κ1) is 25.1. The van der Waals surface area contributed by atoms with Crippen LogP contribution < -0.4 is 14.2 Å². The molecule has 1 aliphatic carbocycles. The maximum atomic E-state index is 12.8. The third kappa shape index (κ3) is 4.76. The lowest BCUT2D eigenvalue weighted by Crippen LogP contribution is -2.30. The molecule has 1 N–H and O–H groups in total. The molecular formula is C30H32N2O4S. The molecular weight excluding hydrogens is 484 g/mol. The van der Waals surface area contributed by atoms with Crippen molar-refractivity contribution in [2.45, 2.75) is 50.5 Å². The lowest BCUT2D eigenvalue weighted by atomic mass is 9.73. The number of hydrogen-bond donors (Lipinski definition) is 1. The SMILES string of the molecule is COc1cc2c(cc1OC)[C@H]1CC(C)=C(C)C[C@H]1N=C2c1ccc(NS(=O)(=O)c2ccc(C)cc2)cc1. The number of anilines is 1. The van der Waals surface area contributed by atoms with E-state index in [4.69, 9.17) is 14.5 Å². The molecule has 0 saturated heterocycles. The summed E-state index contributed by atoms with van der Waals surface area (Å²) in [6.07, 6.45) is 1.89. The van der Waals surface area contributed by atoms with E-state index in [1.165, 1.54) is 16.7 Å². The summed E-state index contributed by atoms with van der Waals surface area (Å²) in [7, 11) is -0.380. The first-order chi connectivity index (χ1) is 17.7. The molecule has 0 fully saturated rings. The molecule has 0 unspecified atom stereocenters. The Morgan fingerprint density at radius 2 is 1.46 bits per heavy atom. The molecule has 3 aromatic carbocycles. The number of fused-ring (bicyclic) bond motifs is 3. The highest BCUT2D eigenvalue weighted by molar-refractivity contribution is 7.92. The lowest BCUT2D eigenvalue weighted by Gasteiger charge is -2.37. The number of rotatable bonds is 6. The quantitative estimate of drug-likeness (QED) is 0.393. The summed E-state index contributed by atoms with van der Waals surface area (Å²) in [6, 6.07) is 18.5. The van der Waals surface area contributed by atoms with E-state index in [0.29, 0.717) is 17.2 Å². The Kier molecular flexibility index (Phi) is 6.58. The molecule has 7 heteroatoms. The number of nitrogens with one attached hydrogen (secondary N) is 1. The van der Waals surface area contributed by atoms with Crippen LogP contribution in [0.25, 0.3) is 0 Å². The average Bonchev–Trinajstić information content (AvgIpc) is 2.89. The predicted molar refractivity (Wildman–Crippen MR) is 148 cm³/mol. The van der Waals surface area contributed by atoms with Crippen LogP contribution in [0, 0.1) is 6.92 Å². The van der Waals surface area contributed by atoms with Crippen molar-refractivity contribution in [1.29, 1.82) is 0 Å². The molecule has 2 aliphatic rings. The molecule has 2 atom stereocenters. The van der Waals surface area contributed by atoms with E-state index in [1.807, 2.05) is 25.1 Å². The Morgan fingerprint density at radius 1 is 0.838 bits per heavy atom. The molecule has 0 spiro atoms. The summed E-state index contributed by atoms with van der Waals surface area (Å²) in [4.78, 5) is 5.47. The van der Waals surface area contributed by atoms with Crippen molar-refractivity contribution in [3.8, 4) is 11.5 Å². The second kappa shape index (κ2) is 9.71. The van der Waals surface area contributed by atoms with E-state index >= 15 is 0 Å². The van der Waals surface area contributed by atoms with Crippen molar-refractivity contribution in [2.75, 3.05) is 18.9 Å². The van der Waals surface area contributed by atoms with E-state index in [2.05, 4.69) is 24.6 Å². The van der Waals surface area contributed by atoms with Crippen LogP contribution in [0.1, 0.15) is 54.9 Å². The zero-order valence-corrected chi connectivity index (χ0v) is 22.6. The molecule has 0 aromatic heterocycles. The van der Waals surface area contributed by atoms with E-state index in [-0.39, 0.29) is 16.9 Å². The van der Waals surface area contributed by atoms with Gasteiger partial charge in [0.15, 0.2) is 11.5 Å². The fourth-order valence-corrected chi connectivity index (χ4v) is 6.28. The van der Waals surface area contributed by atoms with Gasteiger partial charge in [0.05, 0.1) is 30.9 Å². The number of sulfonamides is 1. The summed E-state index contributed by atoms with van der Waals surface area (Å²) in [5, 5.41) is 0. The van der Waals surface area contributed by atoms with Gasteiger partial charge in [-0.2, -0.15) is 0 Å². The topological polar surface area (TPSA) is 77.0 Å². The standard InChI is InChI=1S/C30H32N2O4S/c1-18-6-12-23(13-7-18)37(33,34)32-22-10-8-21(9-11-22)30-26-17-29(36-5)28(35-4)16-24(26)25-14-19(2)20(3)15-27(25)31-30/h6-13,16-17,25,27,32H,14-15H2,1-5H3/t25-,27-/m1/s1. The van der Waals surface area contributed by atoms with Crippen LogP contribution in [-0.2, 0) is 10.0 Å². The van der Waals surface area contributed by atoms with E-state index in [1.54, 1.807) is 50.6 Å². The van der Waals surface area contributed by atoms with Crippen molar-refractivity contribution in [3.63, 3.8) is 0 Å². The van der Waals surface area contributed by atoms with Crippen LogP contribution in [0.3, 0.4) is 0 Å². The average molecular weight is 517 g/mol. The summed E-state index contributed by atoms with van der Waals surface area (Å²) in [5.41, 5.74) is 8.37. The smallest absolute Gasteiger partial charge is 0.261 e. The van der Waals surface area contributed by atoms with Gasteiger partial charge in [0.1, 0.15) is 0 Å². The maximum absolute atomic E-state index is 12.8. The molecule has 5 rings (SSSR count). The number of nitrogens with zero attached hydrogens (tertiary/aromatic N) is 1. The van der Waals surface area contributed by atoms with Crippen molar-refractivity contribution >= 4 is 21.4 Å². The van der Waals surface area contributed by atoms with Gasteiger partial charge in [0, 0.05) is 22.7 Å². The van der Waals surface area contributed by atoms with Crippen molar-refractivity contribution in [2.24, 2.45) is 4.99 Å². The van der Waals surface area contributed by atoms with Gasteiger partial charge in [-0.1, -0.05) is 41.0 Å². The molecule has 0 amide bonds. The number of allylic oxidation sites excluding steroid dienone is 1. The number of methoxy groups -OCH3 is 2. The first-order valence-corrected chi connectivity index (χ1v) is 13.9. The number of benzene rings is 3. The molecule has 0 radical (unpaired) electrons. The number of hydrogen-bond acceptors (Lipinski definition) is 5. The molecule has 1 heterocycles. The highest BCUT2D eigenvalue weighted by Crippen LogP contribution is 2.46. The van der Waals surface area contributed by atoms with Crippen molar-refractivity contribution < 1.29 is 17.9 Å². The van der Waals surface area contributed by atoms with Crippen molar-refractivity contribution in [1.82, 2.24) is 0 Å². The maximum Gasteiger partial charge on any atom is 0.261 e. The molecule has 0 saturated carbocycles. The second-order valence-electron chi connectivity index (χ2n) is 9.91. The van der Waals surface area contributed by atoms with Crippen LogP contribution in [0.2, 0.25) is 0 Å². The van der Waals surface area contributed by atoms with Crippen LogP contribution in [0.5, 0.6) is 11.5 Å². The minimum Gasteiger partial charge on any atom is -0.493 e. The molecule has 6 nitrogen and oxygen atoms in total. The summed E-state index contributed by atoms with van der Waals surface area (Å²) in [5.74, 6) is 1.66. The highest BCUT2D eigenvalue weighted by atomic mass is 32.2. The summed E-state index contributed by atoms with van der Waals surface area (Å²) >= 11 is 0. The van der Waals surface area contributed by atoms with Crippen molar-refractivity contribution in [3.05, 3.63) is 94.1 Å². The van der Waals surface area contributed by atoms with Crippen LogP contribution in [0.4, 0.5) is 5.69 Å². The Hall–Kier alpha value is -3.58. The minimum atomic E-state index is -3.68. The van der Waals surface area contributed by atoms with Crippen LogP contribution in [-0.4, -0.2) is 34.4 Å². The van der Waals surface area contributed by atoms with Gasteiger partial charge in [-0.3, -0.25) is 9.71 Å². The molecule has 192 valence electrons. The van der Waals surface area contributed by atoms with Gasteiger partial charge in [0.2, 0.25) is 0 Å². The van der Waals surface area contributed by atoms with E-state index < -0.39 is 10.0 Å². The minimum absolute atomic E-state index is 0.143. The summed E-state index contributed by atoms with van der Waals surface area (Å²) in [6.45, 7) is 6.33. The number of ether oxygens (including phenoxy) is 2. The third-order valence-corrected chi connectivity index (χ3v) is 8.88. The normalized spacial score (nSPS) is 19.0. The van der Waals surface area contributed by atoms with Gasteiger partial charge in [0.25, 0.3) is 10.0 Å². The summed E-state index contributed by atoms with van der Waals surface area (Å²) < 4.78 is 39.6. The van der Waals surface area contributed by atoms with Gasteiger partial charge in [-0.05, 0) is 75.6 Å². The predicted octanol–water partition coefficient (Wildman–Crippen LogP) is 6.25. The second-order valence-corrected chi connectivity index (χ2v) is 11.6. The van der Waals surface area contributed by atoms with E-state index in [0.717, 1.165) is 35.2 Å². The number of aryl methyl sites for hydroxylation is 1. The number of aliphatic imine (C=N–C) groups is 1. The lowest BCUT2D eigenvalue weighted by molar-refractivity contribution is 0.353. The van der Waals surface area contributed by atoms with Gasteiger partial charge in [-0.25, -0.2) is 8.42 Å². The monoisotopic (exact) mass is 516 g/mol. The van der Waals surface area contributed by atoms with Crippen LogP contribution in [0.15, 0.2) is 81.7 Å². The zero-order chi connectivity index (χ0) is 26.3. The Balaban J connectivity index is 1.52. The largest absolute Gasteiger partial charge is 0.493 e. The van der Waals surface area contributed by atoms with Gasteiger partial charge in [-0.15, -0.1) is 0 Å². The molecule has 37 heavy (non-hydrogen) atoms. The molecule has 0 bridgehead atoms. The third-order valence-electron chi connectivity index (χ3n) is 7.48. The van der Waals surface area contributed by atoms with Crippen LogP contribution >= 0.6 is 0 Å². The van der Waals surface area contributed by atoms with Gasteiger partial charge >= 0.3 is 0 Å². The zero-order valence-electron chi connectivity index (χ0n) is 21.8. The highest BCUT2D eigenvalue weighted by Gasteiger charge is 2.36. The fraction of sp³-hybridized carbons (Fsp3) is 0.300. The Bertz CT molecular complexity index is 1500. The first-order valence-electron chi connectivity index (χ1n) is 12.4. The van der Waals surface area contributed by atoms with E-state index in [9.17, 15) is 8.42 Å². The fourth-order valence-electron chi connectivity index (χ4n) is 5.22. The Morgan fingerprint density at radius 3 is 2.11 bits per heavy atom. The Labute approximate surface area is 219 Å². The van der Waals surface area contributed by atoms with Gasteiger partial charge < -0.3 is 9.47 Å². The molecule has 1 aliphatic heterocycles. The molecule has 3 aromatic rings.